The number of benzene rings is 2. The quantitative estimate of drug-likeness (QED) is 0.349. The Balaban J connectivity index is 1.21. The van der Waals surface area contributed by atoms with Crippen LogP contribution < -0.4 is 25.9 Å². The van der Waals surface area contributed by atoms with Gasteiger partial charge in [0.15, 0.2) is 11.5 Å². The van der Waals surface area contributed by atoms with Crippen LogP contribution in [0.3, 0.4) is 0 Å². The molecule has 1 atom stereocenters. The van der Waals surface area contributed by atoms with Crippen LogP contribution in [0.25, 0.3) is 0 Å². The molecule has 2 heterocycles. The summed E-state index contributed by atoms with van der Waals surface area (Å²) in [6.07, 6.45) is 2.90. The summed E-state index contributed by atoms with van der Waals surface area (Å²) in [5.41, 5.74) is 4.55. The molecular formula is C25H26N6O4. The van der Waals surface area contributed by atoms with Crippen molar-refractivity contribution in [1.29, 1.82) is 0 Å². The molecule has 10 heteroatoms. The Kier molecular flexibility index (Phi) is 6.30. The number of hydrogen-bond donors (Lipinski definition) is 3. The molecule has 3 aromatic rings. The largest absolute Gasteiger partial charge is 0.454 e. The SMILES string of the molecule is CN(N)Cc1ccc2c(c1)CCC2NC(=O)c1cc(C(=O)NCc2ccc3c(c2)OCO3)ncn1. The van der Waals surface area contributed by atoms with Gasteiger partial charge in [-0.05, 0) is 47.2 Å². The zero-order valence-corrected chi connectivity index (χ0v) is 19.3. The fraction of sp³-hybridized carbons (Fsp3) is 0.280. The number of hydrogen-bond acceptors (Lipinski definition) is 8. The van der Waals surface area contributed by atoms with Crippen LogP contribution >= 0.6 is 0 Å². The van der Waals surface area contributed by atoms with Crippen LogP contribution in [0.1, 0.15) is 55.7 Å². The summed E-state index contributed by atoms with van der Waals surface area (Å²) in [6.45, 7) is 1.13. The number of rotatable bonds is 7. The molecule has 2 amide bonds. The Morgan fingerprint density at radius 1 is 1.03 bits per heavy atom. The highest BCUT2D eigenvalue weighted by molar-refractivity contribution is 5.97. The molecule has 180 valence electrons. The molecule has 0 saturated carbocycles. The zero-order chi connectivity index (χ0) is 24.4. The molecule has 1 unspecified atom stereocenters. The van der Waals surface area contributed by atoms with Gasteiger partial charge in [0.05, 0.1) is 6.04 Å². The van der Waals surface area contributed by atoms with Crippen LogP contribution in [0.2, 0.25) is 0 Å². The third-order valence-corrected chi connectivity index (χ3v) is 6.04. The predicted octanol–water partition coefficient (Wildman–Crippen LogP) is 1.86. The minimum absolute atomic E-state index is 0.111. The van der Waals surface area contributed by atoms with E-state index < -0.39 is 5.91 Å². The van der Waals surface area contributed by atoms with Crippen molar-refractivity contribution < 1.29 is 19.1 Å². The second kappa shape index (κ2) is 9.69. The van der Waals surface area contributed by atoms with E-state index in [4.69, 9.17) is 15.3 Å². The van der Waals surface area contributed by atoms with E-state index in [1.807, 2.05) is 31.3 Å². The molecule has 0 fully saturated rings. The van der Waals surface area contributed by atoms with Crippen molar-refractivity contribution in [2.45, 2.75) is 32.0 Å². The average Bonchev–Trinajstić information content (AvgIpc) is 3.48. The highest BCUT2D eigenvalue weighted by Gasteiger charge is 2.25. The van der Waals surface area contributed by atoms with Crippen molar-refractivity contribution in [3.05, 3.63) is 82.4 Å². The molecule has 0 radical (unpaired) electrons. The number of hydrazine groups is 1. The van der Waals surface area contributed by atoms with E-state index in [9.17, 15) is 9.59 Å². The van der Waals surface area contributed by atoms with E-state index in [2.05, 4.69) is 26.7 Å². The molecule has 2 aromatic carbocycles. The van der Waals surface area contributed by atoms with Crippen LogP contribution in [0.4, 0.5) is 0 Å². The third kappa shape index (κ3) is 5.08. The first kappa shape index (κ1) is 22.8. The minimum Gasteiger partial charge on any atom is -0.454 e. The molecule has 1 aliphatic heterocycles. The Hall–Kier alpha value is -4.02. The summed E-state index contributed by atoms with van der Waals surface area (Å²) in [4.78, 5) is 33.6. The summed E-state index contributed by atoms with van der Waals surface area (Å²) in [7, 11) is 1.82. The summed E-state index contributed by atoms with van der Waals surface area (Å²) < 4.78 is 10.7. The van der Waals surface area contributed by atoms with Crippen molar-refractivity contribution in [3.63, 3.8) is 0 Å². The van der Waals surface area contributed by atoms with Gasteiger partial charge < -0.3 is 20.1 Å². The number of nitrogens with one attached hydrogen (secondary N) is 2. The fourth-order valence-corrected chi connectivity index (χ4v) is 4.37. The van der Waals surface area contributed by atoms with Crippen LogP contribution in [-0.4, -0.2) is 40.6 Å². The number of aryl methyl sites for hydroxylation is 1. The van der Waals surface area contributed by atoms with E-state index in [1.165, 1.54) is 18.0 Å². The lowest BCUT2D eigenvalue weighted by molar-refractivity contribution is 0.0931. The van der Waals surface area contributed by atoms with Crippen LogP contribution in [0.5, 0.6) is 11.5 Å². The molecule has 0 spiro atoms. The normalized spacial score (nSPS) is 15.7. The highest BCUT2D eigenvalue weighted by Crippen LogP contribution is 2.33. The van der Waals surface area contributed by atoms with Gasteiger partial charge in [0.1, 0.15) is 17.7 Å². The van der Waals surface area contributed by atoms with Crippen molar-refractivity contribution in [2.24, 2.45) is 5.84 Å². The smallest absolute Gasteiger partial charge is 0.270 e. The summed E-state index contributed by atoms with van der Waals surface area (Å²) >= 11 is 0. The monoisotopic (exact) mass is 474 g/mol. The summed E-state index contributed by atoms with van der Waals surface area (Å²) in [5, 5.41) is 7.48. The Morgan fingerprint density at radius 2 is 1.80 bits per heavy atom. The average molecular weight is 475 g/mol. The number of fused-ring (bicyclic) bond motifs is 2. The Bertz CT molecular complexity index is 1280. The van der Waals surface area contributed by atoms with Gasteiger partial charge in [-0.1, -0.05) is 24.3 Å². The molecule has 1 aliphatic carbocycles. The molecular weight excluding hydrogens is 448 g/mol. The fourth-order valence-electron chi connectivity index (χ4n) is 4.37. The lowest BCUT2D eigenvalue weighted by Gasteiger charge is -2.15. The number of amides is 2. The molecule has 4 N–H and O–H groups in total. The van der Waals surface area contributed by atoms with Gasteiger partial charge in [-0.15, -0.1) is 0 Å². The van der Waals surface area contributed by atoms with E-state index in [0.29, 0.717) is 18.0 Å². The Labute approximate surface area is 202 Å². The third-order valence-electron chi connectivity index (χ3n) is 6.04. The second-order valence-electron chi connectivity index (χ2n) is 8.67. The predicted molar refractivity (Wildman–Crippen MR) is 126 cm³/mol. The van der Waals surface area contributed by atoms with Gasteiger partial charge >= 0.3 is 0 Å². The van der Waals surface area contributed by atoms with Gasteiger partial charge in [0.25, 0.3) is 11.8 Å². The molecule has 0 saturated heterocycles. The summed E-state index contributed by atoms with van der Waals surface area (Å²) in [5.74, 6) is 6.34. The molecule has 10 nitrogen and oxygen atoms in total. The number of ether oxygens (including phenoxy) is 2. The number of aromatic nitrogens is 2. The molecule has 0 bridgehead atoms. The van der Waals surface area contributed by atoms with Crippen molar-refractivity contribution in [2.75, 3.05) is 13.8 Å². The van der Waals surface area contributed by atoms with Crippen LogP contribution in [-0.2, 0) is 19.5 Å². The van der Waals surface area contributed by atoms with Crippen molar-refractivity contribution in [3.8, 4) is 11.5 Å². The molecule has 5 rings (SSSR count). The van der Waals surface area contributed by atoms with Gasteiger partial charge in [-0.2, -0.15) is 0 Å². The minimum atomic E-state index is -0.400. The summed E-state index contributed by atoms with van der Waals surface area (Å²) in [6, 6.07) is 13.0. The van der Waals surface area contributed by atoms with Gasteiger partial charge in [-0.3, -0.25) is 15.4 Å². The van der Waals surface area contributed by atoms with Crippen molar-refractivity contribution >= 4 is 11.8 Å². The zero-order valence-electron chi connectivity index (χ0n) is 19.3. The van der Waals surface area contributed by atoms with Crippen LogP contribution in [0, 0.1) is 0 Å². The standard InChI is InChI=1S/C25H26N6O4/c1-31(26)12-16-2-5-18-17(8-16)4-6-19(18)30-25(33)21-10-20(28-13-29-21)24(32)27-11-15-3-7-22-23(9-15)35-14-34-22/h2-3,5,7-10,13,19H,4,6,11-12,14,26H2,1H3,(H,27,32)(H,30,33). The van der Waals surface area contributed by atoms with Crippen molar-refractivity contribution in [1.82, 2.24) is 25.6 Å². The number of carbonyl (C=O) groups is 2. The van der Waals surface area contributed by atoms with E-state index in [-0.39, 0.29) is 36.7 Å². The molecule has 2 aliphatic rings. The topological polar surface area (TPSA) is 132 Å². The van der Waals surface area contributed by atoms with Gasteiger partial charge in [0.2, 0.25) is 6.79 Å². The highest BCUT2D eigenvalue weighted by atomic mass is 16.7. The van der Waals surface area contributed by atoms with E-state index >= 15 is 0 Å². The first-order valence-corrected chi connectivity index (χ1v) is 11.3. The first-order chi connectivity index (χ1) is 17.0. The lowest BCUT2D eigenvalue weighted by Crippen LogP contribution is -2.29. The molecule has 1 aromatic heterocycles. The van der Waals surface area contributed by atoms with Gasteiger partial charge in [-0.25, -0.2) is 15.0 Å². The maximum Gasteiger partial charge on any atom is 0.270 e. The first-order valence-electron chi connectivity index (χ1n) is 11.3. The second-order valence-corrected chi connectivity index (χ2v) is 8.67. The Morgan fingerprint density at radius 3 is 2.63 bits per heavy atom. The van der Waals surface area contributed by atoms with Crippen LogP contribution in [0.15, 0.2) is 48.8 Å². The number of nitrogens with zero attached hydrogens (tertiary/aromatic N) is 3. The van der Waals surface area contributed by atoms with E-state index in [0.717, 1.165) is 29.5 Å². The number of carbonyl (C=O) groups excluding carboxylic acids is 2. The maximum absolute atomic E-state index is 12.9. The maximum atomic E-state index is 12.9. The lowest BCUT2D eigenvalue weighted by atomic mass is 10.0. The van der Waals surface area contributed by atoms with E-state index in [1.54, 1.807) is 11.1 Å². The van der Waals surface area contributed by atoms with Gasteiger partial charge in [0, 0.05) is 26.2 Å². The molecule has 35 heavy (non-hydrogen) atoms. The number of nitrogens with two attached hydrogens (primary N) is 1.